The summed E-state index contributed by atoms with van der Waals surface area (Å²) in [5.74, 6) is 0.883. The van der Waals surface area contributed by atoms with Crippen molar-refractivity contribution in [1.82, 2.24) is 10.2 Å². The minimum atomic E-state index is 0.766. The van der Waals surface area contributed by atoms with Crippen LogP contribution >= 0.6 is 12.2 Å². The van der Waals surface area contributed by atoms with Crippen molar-refractivity contribution in [2.24, 2.45) is 0 Å². The average Bonchev–Trinajstić information content (AvgIpc) is 2.46. The molecule has 104 valence electrons. The summed E-state index contributed by atoms with van der Waals surface area (Å²) in [6.45, 7) is 5.16. The van der Waals surface area contributed by atoms with Gasteiger partial charge in [-0.25, -0.2) is 0 Å². The second-order valence-electron chi connectivity index (χ2n) is 4.95. The zero-order valence-electron chi connectivity index (χ0n) is 11.6. The van der Waals surface area contributed by atoms with Crippen molar-refractivity contribution in [2.75, 3.05) is 40.3 Å². The van der Waals surface area contributed by atoms with Gasteiger partial charge in [0.15, 0.2) is 5.11 Å². The Morgan fingerprint density at radius 3 is 2.53 bits per heavy atom. The molecule has 0 saturated carbocycles. The number of likely N-dealkylation sites (N-methyl/N-ethyl adjacent to an activating group) is 1. The third-order valence-electron chi connectivity index (χ3n) is 3.51. The Balaban J connectivity index is 1.79. The first-order valence-corrected chi connectivity index (χ1v) is 7.07. The van der Waals surface area contributed by atoms with Gasteiger partial charge < -0.3 is 19.9 Å². The van der Waals surface area contributed by atoms with Crippen LogP contribution in [0.5, 0.6) is 5.75 Å². The lowest BCUT2D eigenvalue weighted by molar-refractivity contribution is -0.883. The standard InChI is InChI=1S/C14H21N3OS/c1-16-7-9-17(10-8-16)14(19)15-11-12-3-5-13(18-2)6-4-12/h3-6H,7-11H2,1-2H3,(H,15,19)/p+1. The van der Waals surface area contributed by atoms with Crippen LogP contribution in [0.1, 0.15) is 5.56 Å². The summed E-state index contributed by atoms with van der Waals surface area (Å²) in [7, 11) is 3.91. The van der Waals surface area contributed by atoms with E-state index in [2.05, 4.69) is 29.4 Å². The van der Waals surface area contributed by atoms with Gasteiger partial charge in [0.2, 0.25) is 0 Å². The summed E-state index contributed by atoms with van der Waals surface area (Å²) in [6.07, 6.45) is 0. The number of hydrogen-bond acceptors (Lipinski definition) is 2. The second kappa shape index (κ2) is 6.73. The van der Waals surface area contributed by atoms with E-state index in [0.29, 0.717) is 0 Å². The molecule has 0 bridgehead atoms. The summed E-state index contributed by atoms with van der Waals surface area (Å²) >= 11 is 5.44. The highest BCUT2D eigenvalue weighted by atomic mass is 32.1. The van der Waals surface area contributed by atoms with Crippen LogP contribution in [0.15, 0.2) is 24.3 Å². The number of hydrogen-bond donors (Lipinski definition) is 2. The minimum Gasteiger partial charge on any atom is -0.497 e. The number of thiocarbonyl (C=S) groups is 1. The fourth-order valence-electron chi connectivity index (χ4n) is 2.12. The molecular weight excluding hydrogens is 258 g/mol. The van der Waals surface area contributed by atoms with E-state index in [0.717, 1.165) is 43.6 Å². The van der Waals surface area contributed by atoms with E-state index in [1.54, 1.807) is 12.0 Å². The molecule has 2 rings (SSSR count). The van der Waals surface area contributed by atoms with E-state index >= 15 is 0 Å². The molecule has 4 nitrogen and oxygen atoms in total. The number of nitrogens with zero attached hydrogens (tertiary/aromatic N) is 1. The molecule has 5 heteroatoms. The first kappa shape index (κ1) is 14.1. The Bertz CT molecular complexity index is 413. The van der Waals surface area contributed by atoms with E-state index in [-0.39, 0.29) is 0 Å². The van der Waals surface area contributed by atoms with Crippen LogP contribution in [0, 0.1) is 0 Å². The number of quaternary nitrogens is 1. The first-order chi connectivity index (χ1) is 9.19. The van der Waals surface area contributed by atoms with Crippen LogP contribution in [-0.4, -0.2) is 50.3 Å². The topological polar surface area (TPSA) is 28.9 Å². The minimum absolute atomic E-state index is 0.766. The molecule has 0 aliphatic carbocycles. The van der Waals surface area contributed by atoms with Crippen LogP contribution in [0.25, 0.3) is 0 Å². The molecule has 0 amide bonds. The summed E-state index contributed by atoms with van der Waals surface area (Å²) < 4.78 is 5.14. The lowest BCUT2D eigenvalue weighted by Crippen LogP contribution is -3.12. The Kier molecular flexibility index (Phi) is 4.99. The van der Waals surface area contributed by atoms with Crippen molar-refractivity contribution in [3.8, 4) is 5.75 Å². The van der Waals surface area contributed by atoms with Crippen LogP contribution in [0.4, 0.5) is 0 Å². The van der Waals surface area contributed by atoms with Gasteiger partial charge >= 0.3 is 0 Å². The number of benzene rings is 1. The molecule has 1 aliphatic rings. The summed E-state index contributed by atoms with van der Waals surface area (Å²) in [6, 6.07) is 8.06. The van der Waals surface area contributed by atoms with Crippen molar-refractivity contribution in [2.45, 2.75) is 6.54 Å². The van der Waals surface area contributed by atoms with E-state index in [9.17, 15) is 0 Å². The Hall–Kier alpha value is -1.33. The summed E-state index contributed by atoms with van der Waals surface area (Å²) in [5.41, 5.74) is 1.21. The third-order valence-corrected chi connectivity index (χ3v) is 3.91. The predicted octanol–water partition coefficient (Wildman–Crippen LogP) is -0.1000. The molecule has 1 aromatic carbocycles. The number of nitrogens with one attached hydrogen (secondary N) is 2. The molecule has 19 heavy (non-hydrogen) atoms. The Labute approximate surface area is 120 Å². The molecule has 0 spiro atoms. The lowest BCUT2D eigenvalue weighted by atomic mass is 10.2. The number of piperazine rings is 1. The van der Waals surface area contributed by atoms with Crippen molar-refractivity contribution in [3.05, 3.63) is 29.8 Å². The lowest BCUT2D eigenvalue weighted by Gasteiger charge is -2.32. The van der Waals surface area contributed by atoms with Crippen LogP contribution < -0.4 is 15.0 Å². The Morgan fingerprint density at radius 2 is 1.95 bits per heavy atom. The van der Waals surface area contributed by atoms with Crippen molar-refractivity contribution >= 4 is 17.3 Å². The molecule has 1 aromatic rings. The number of ether oxygens (including phenoxy) is 1. The first-order valence-electron chi connectivity index (χ1n) is 6.66. The highest BCUT2D eigenvalue weighted by Crippen LogP contribution is 2.11. The van der Waals surface area contributed by atoms with Gasteiger partial charge in [0.05, 0.1) is 40.3 Å². The van der Waals surface area contributed by atoms with Crippen LogP contribution in [0.3, 0.4) is 0 Å². The molecule has 0 unspecified atom stereocenters. The van der Waals surface area contributed by atoms with Gasteiger partial charge in [0.1, 0.15) is 5.75 Å². The van der Waals surface area contributed by atoms with E-state index < -0.39 is 0 Å². The van der Waals surface area contributed by atoms with Gasteiger partial charge in [0, 0.05) is 6.54 Å². The largest absolute Gasteiger partial charge is 0.497 e. The molecule has 2 N–H and O–H groups in total. The third kappa shape index (κ3) is 4.08. The maximum Gasteiger partial charge on any atom is 0.169 e. The van der Waals surface area contributed by atoms with Gasteiger partial charge in [-0.1, -0.05) is 12.1 Å². The van der Waals surface area contributed by atoms with Crippen LogP contribution in [-0.2, 0) is 6.54 Å². The summed E-state index contributed by atoms with van der Waals surface area (Å²) in [4.78, 5) is 3.83. The van der Waals surface area contributed by atoms with Gasteiger partial charge in [-0.2, -0.15) is 0 Å². The van der Waals surface area contributed by atoms with Crippen molar-refractivity contribution < 1.29 is 9.64 Å². The maximum atomic E-state index is 5.44. The van der Waals surface area contributed by atoms with Gasteiger partial charge in [0.25, 0.3) is 0 Å². The average molecular weight is 280 g/mol. The highest BCUT2D eigenvalue weighted by molar-refractivity contribution is 7.80. The molecule has 0 radical (unpaired) electrons. The highest BCUT2D eigenvalue weighted by Gasteiger charge is 2.18. The normalized spacial score (nSPS) is 16.2. The molecule has 0 aromatic heterocycles. The zero-order valence-corrected chi connectivity index (χ0v) is 12.4. The Morgan fingerprint density at radius 1 is 1.32 bits per heavy atom. The predicted molar refractivity (Wildman–Crippen MR) is 80.6 cm³/mol. The molecular formula is C14H22N3OS+. The molecule has 1 fully saturated rings. The fraction of sp³-hybridized carbons (Fsp3) is 0.500. The quantitative estimate of drug-likeness (QED) is 0.757. The van der Waals surface area contributed by atoms with Gasteiger partial charge in [-0.15, -0.1) is 0 Å². The van der Waals surface area contributed by atoms with Crippen molar-refractivity contribution in [3.63, 3.8) is 0 Å². The zero-order chi connectivity index (χ0) is 13.7. The number of rotatable bonds is 3. The number of methoxy groups -OCH3 is 1. The van der Waals surface area contributed by atoms with Crippen LogP contribution in [0.2, 0.25) is 0 Å². The maximum absolute atomic E-state index is 5.44. The SMILES string of the molecule is COc1ccc(CNC(=S)N2CC[NH+](C)CC2)cc1. The van der Waals surface area contributed by atoms with E-state index in [4.69, 9.17) is 17.0 Å². The van der Waals surface area contributed by atoms with Gasteiger partial charge in [-0.05, 0) is 29.9 Å². The van der Waals surface area contributed by atoms with Gasteiger partial charge in [-0.3, -0.25) is 0 Å². The van der Waals surface area contributed by atoms with E-state index in [1.165, 1.54) is 5.56 Å². The fourth-order valence-corrected chi connectivity index (χ4v) is 2.38. The van der Waals surface area contributed by atoms with Crippen molar-refractivity contribution in [1.29, 1.82) is 0 Å². The smallest absolute Gasteiger partial charge is 0.169 e. The van der Waals surface area contributed by atoms with E-state index in [1.807, 2.05) is 12.1 Å². The molecule has 1 saturated heterocycles. The summed E-state index contributed by atoms with van der Waals surface area (Å²) in [5, 5.41) is 4.19. The molecule has 1 heterocycles. The second-order valence-corrected chi connectivity index (χ2v) is 5.34. The molecule has 0 atom stereocenters. The monoisotopic (exact) mass is 280 g/mol. The molecule has 1 aliphatic heterocycles.